The van der Waals surface area contributed by atoms with Gasteiger partial charge >= 0.3 is 0 Å². The Morgan fingerprint density at radius 2 is 2.22 bits per heavy atom. The SMILES string of the molecule is CCCn1ncc(Br)c1C(O)c1cc(C)c(Br)s1. The second-order valence-electron chi connectivity index (χ2n) is 4.11. The molecule has 2 heterocycles. The number of aliphatic hydroxyl groups is 1. The van der Waals surface area contributed by atoms with E-state index in [-0.39, 0.29) is 0 Å². The number of nitrogens with zero attached hydrogens (tertiary/aromatic N) is 2. The molecule has 1 N–H and O–H groups in total. The van der Waals surface area contributed by atoms with Crippen LogP contribution in [0.1, 0.15) is 35.6 Å². The summed E-state index contributed by atoms with van der Waals surface area (Å²) in [5.74, 6) is 0. The normalized spacial score (nSPS) is 12.9. The summed E-state index contributed by atoms with van der Waals surface area (Å²) in [4.78, 5) is 0.929. The van der Waals surface area contributed by atoms with Gasteiger partial charge in [-0.15, -0.1) is 11.3 Å². The van der Waals surface area contributed by atoms with Gasteiger partial charge in [0.2, 0.25) is 0 Å². The smallest absolute Gasteiger partial charge is 0.131 e. The molecule has 1 unspecified atom stereocenters. The van der Waals surface area contributed by atoms with Crippen LogP contribution in [0.15, 0.2) is 20.5 Å². The highest BCUT2D eigenvalue weighted by molar-refractivity contribution is 9.11. The van der Waals surface area contributed by atoms with Crippen LogP contribution >= 0.6 is 43.2 Å². The lowest BCUT2D eigenvalue weighted by Crippen LogP contribution is -2.09. The minimum absolute atomic E-state index is 0.636. The van der Waals surface area contributed by atoms with Crippen LogP contribution in [0.3, 0.4) is 0 Å². The Morgan fingerprint density at radius 1 is 1.50 bits per heavy atom. The zero-order valence-corrected chi connectivity index (χ0v) is 14.1. The minimum Gasteiger partial charge on any atom is -0.381 e. The van der Waals surface area contributed by atoms with Gasteiger partial charge in [0.05, 0.1) is 20.1 Å². The predicted octanol–water partition coefficient (Wildman–Crippen LogP) is 4.27. The lowest BCUT2D eigenvalue weighted by atomic mass is 10.2. The standard InChI is InChI=1S/C12H14Br2N2OS/c1-3-4-16-10(8(13)6-15-16)11(17)9-5-7(2)12(14)18-9/h5-6,11,17H,3-4H2,1-2H3. The van der Waals surface area contributed by atoms with Crippen molar-refractivity contribution in [1.82, 2.24) is 9.78 Å². The molecule has 6 heteroatoms. The first kappa shape index (κ1) is 14.2. The van der Waals surface area contributed by atoms with Gasteiger partial charge in [0.15, 0.2) is 0 Å². The van der Waals surface area contributed by atoms with Gasteiger partial charge in [-0.05, 0) is 56.8 Å². The number of hydrogen-bond donors (Lipinski definition) is 1. The maximum atomic E-state index is 10.5. The molecule has 18 heavy (non-hydrogen) atoms. The zero-order valence-electron chi connectivity index (χ0n) is 10.2. The first-order valence-electron chi connectivity index (χ1n) is 5.69. The lowest BCUT2D eigenvalue weighted by molar-refractivity contribution is 0.210. The number of hydrogen-bond acceptors (Lipinski definition) is 3. The summed E-state index contributed by atoms with van der Waals surface area (Å²) >= 11 is 8.51. The van der Waals surface area contributed by atoms with E-state index < -0.39 is 6.10 Å². The van der Waals surface area contributed by atoms with E-state index >= 15 is 0 Å². The highest BCUT2D eigenvalue weighted by Crippen LogP contribution is 2.36. The average molecular weight is 394 g/mol. The van der Waals surface area contributed by atoms with E-state index in [2.05, 4.69) is 43.9 Å². The third-order valence-corrected chi connectivity index (χ3v) is 5.47. The number of aliphatic hydroxyl groups excluding tert-OH is 1. The van der Waals surface area contributed by atoms with Crippen LogP contribution in [0.2, 0.25) is 0 Å². The number of aryl methyl sites for hydroxylation is 2. The van der Waals surface area contributed by atoms with Crippen molar-refractivity contribution in [1.29, 1.82) is 0 Å². The Bertz CT molecular complexity index is 531. The van der Waals surface area contributed by atoms with Crippen molar-refractivity contribution < 1.29 is 5.11 Å². The van der Waals surface area contributed by atoms with Crippen LogP contribution in [0.4, 0.5) is 0 Å². The average Bonchev–Trinajstić information content (AvgIpc) is 2.84. The summed E-state index contributed by atoms with van der Waals surface area (Å²) in [5.41, 5.74) is 1.97. The molecule has 0 spiro atoms. The molecule has 0 fully saturated rings. The van der Waals surface area contributed by atoms with E-state index in [1.165, 1.54) is 0 Å². The van der Waals surface area contributed by atoms with Gasteiger partial charge in [-0.1, -0.05) is 6.92 Å². The molecule has 0 amide bonds. The van der Waals surface area contributed by atoms with Crippen LogP contribution in [-0.4, -0.2) is 14.9 Å². The third kappa shape index (κ3) is 2.71. The first-order chi connectivity index (χ1) is 8.54. The van der Waals surface area contributed by atoms with Crippen molar-refractivity contribution in [3.8, 4) is 0 Å². The van der Waals surface area contributed by atoms with Gasteiger partial charge < -0.3 is 5.11 Å². The van der Waals surface area contributed by atoms with Gasteiger partial charge in [0.25, 0.3) is 0 Å². The number of thiophene rings is 1. The van der Waals surface area contributed by atoms with E-state index in [0.29, 0.717) is 0 Å². The van der Waals surface area contributed by atoms with Gasteiger partial charge in [-0.3, -0.25) is 4.68 Å². The number of halogens is 2. The highest BCUT2D eigenvalue weighted by atomic mass is 79.9. The molecule has 0 aliphatic carbocycles. The molecule has 2 aromatic heterocycles. The van der Waals surface area contributed by atoms with Crippen molar-refractivity contribution in [2.75, 3.05) is 0 Å². The van der Waals surface area contributed by atoms with Gasteiger partial charge in [-0.2, -0.15) is 5.10 Å². The van der Waals surface area contributed by atoms with E-state index in [1.54, 1.807) is 17.5 Å². The van der Waals surface area contributed by atoms with E-state index in [9.17, 15) is 5.11 Å². The van der Waals surface area contributed by atoms with Crippen LogP contribution in [0.5, 0.6) is 0 Å². The van der Waals surface area contributed by atoms with Crippen molar-refractivity contribution >= 4 is 43.2 Å². The Morgan fingerprint density at radius 3 is 2.78 bits per heavy atom. The summed E-state index contributed by atoms with van der Waals surface area (Å²) in [6.45, 7) is 4.93. The van der Waals surface area contributed by atoms with Gasteiger partial charge in [0.1, 0.15) is 6.10 Å². The fraction of sp³-hybridized carbons (Fsp3) is 0.417. The molecular weight excluding hydrogens is 380 g/mol. The maximum Gasteiger partial charge on any atom is 0.131 e. The third-order valence-electron chi connectivity index (χ3n) is 2.67. The molecule has 0 aromatic carbocycles. The maximum absolute atomic E-state index is 10.5. The molecule has 0 bridgehead atoms. The van der Waals surface area contributed by atoms with Crippen LogP contribution < -0.4 is 0 Å². The molecule has 0 saturated carbocycles. The molecule has 0 aliphatic heterocycles. The molecule has 0 aliphatic rings. The largest absolute Gasteiger partial charge is 0.381 e. The van der Waals surface area contributed by atoms with Crippen molar-refractivity contribution in [2.45, 2.75) is 32.9 Å². The van der Waals surface area contributed by atoms with E-state index in [4.69, 9.17) is 0 Å². The van der Waals surface area contributed by atoms with Crippen LogP contribution in [0.25, 0.3) is 0 Å². The summed E-state index contributed by atoms with van der Waals surface area (Å²) in [5, 5.41) is 14.8. The van der Waals surface area contributed by atoms with Crippen LogP contribution in [0, 0.1) is 6.92 Å². The highest BCUT2D eigenvalue weighted by Gasteiger charge is 2.21. The molecule has 0 radical (unpaired) electrons. The Hall–Kier alpha value is -0.170. The fourth-order valence-electron chi connectivity index (χ4n) is 1.79. The zero-order chi connectivity index (χ0) is 13.3. The molecule has 98 valence electrons. The van der Waals surface area contributed by atoms with Gasteiger partial charge in [0, 0.05) is 11.4 Å². The van der Waals surface area contributed by atoms with Crippen molar-refractivity contribution in [3.05, 3.63) is 36.7 Å². The molecular formula is C12H14Br2N2OS. The van der Waals surface area contributed by atoms with E-state index in [0.717, 1.165) is 37.4 Å². The molecule has 2 rings (SSSR count). The van der Waals surface area contributed by atoms with Gasteiger partial charge in [-0.25, -0.2) is 0 Å². The topological polar surface area (TPSA) is 38.0 Å². The second kappa shape index (κ2) is 5.86. The Balaban J connectivity index is 2.38. The van der Waals surface area contributed by atoms with Crippen LogP contribution in [-0.2, 0) is 6.54 Å². The predicted molar refractivity (Wildman–Crippen MR) is 81.0 cm³/mol. The second-order valence-corrected chi connectivity index (χ2v) is 7.36. The molecule has 1 atom stereocenters. The molecule has 0 saturated heterocycles. The first-order valence-corrected chi connectivity index (χ1v) is 8.10. The number of aromatic nitrogens is 2. The molecule has 2 aromatic rings. The Kier molecular flexibility index (Phi) is 4.64. The summed E-state index contributed by atoms with van der Waals surface area (Å²) < 4.78 is 3.78. The lowest BCUT2D eigenvalue weighted by Gasteiger charge is -2.12. The summed E-state index contributed by atoms with van der Waals surface area (Å²) in [6, 6.07) is 2.01. The van der Waals surface area contributed by atoms with Crippen molar-refractivity contribution in [2.24, 2.45) is 0 Å². The number of rotatable bonds is 4. The summed E-state index contributed by atoms with van der Waals surface area (Å²) in [7, 11) is 0. The van der Waals surface area contributed by atoms with E-state index in [1.807, 2.05) is 17.7 Å². The Labute approximate surface area is 127 Å². The molecule has 3 nitrogen and oxygen atoms in total. The summed E-state index contributed by atoms with van der Waals surface area (Å²) in [6.07, 6.45) is 2.09. The monoisotopic (exact) mass is 392 g/mol. The minimum atomic E-state index is -0.636. The van der Waals surface area contributed by atoms with Crippen molar-refractivity contribution in [3.63, 3.8) is 0 Å². The fourth-order valence-corrected chi connectivity index (χ4v) is 3.86. The quantitative estimate of drug-likeness (QED) is 0.842.